The molecule has 0 saturated carbocycles. The highest BCUT2D eigenvalue weighted by Gasteiger charge is 2.20. The standard InChI is InChI=1S/C15H18N2O4/c1-10(2)16-14(18)9-17-11(13-5-4-8-21-13)6-7-12(17)15(19)20-3/h4-8,10H,9H2,1-3H3,(H,16,18). The van der Waals surface area contributed by atoms with Crippen LogP contribution in [-0.2, 0) is 16.1 Å². The van der Waals surface area contributed by atoms with Crippen molar-refractivity contribution in [2.24, 2.45) is 0 Å². The van der Waals surface area contributed by atoms with Gasteiger partial charge in [0.25, 0.3) is 0 Å². The SMILES string of the molecule is COC(=O)c1ccc(-c2ccco2)n1CC(=O)NC(C)C. The third-order valence-corrected chi connectivity index (χ3v) is 2.90. The Kier molecular flexibility index (Phi) is 4.47. The molecule has 0 atom stereocenters. The summed E-state index contributed by atoms with van der Waals surface area (Å²) in [7, 11) is 1.31. The van der Waals surface area contributed by atoms with Gasteiger partial charge in [-0.2, -0.15) is 0 Å². The molecule has 6 nitrogen and oxygen atoms in total. The topological polar surface area (TPSA) is 73.5 Å². The Bertz CT molecular complexity index is 626. The van der Waals surface area contributed by atoms with Gasteiger partial charge < -0.3 is 19.0 Å². The number of hydrogen-bond donors (Lipinski definition) is 1. The summed E-state index contributed by atoms with van der Waals surface area (Å²) in [5, 5.41) is 2.80. The summed E-state index contributed by atoms with van der Waals surface area (Å²) in [4.78, 5) is 23.8. The van der Waals surface area contributed by atoms with Gasteiger partial charge in [0.05, 0.1) is 19.1 Å². The molecule has 0 radical (unpaired) electrons. The molecule has 0 aliphatic carbocycles. The van der Waals surface area contributed by atoms with E-state index in [1.165, 1.54) is 7.11 Å². The van der Waals surface area contributed by atoms with E-state index >= 15 is 0 Å². The van der Waals surface area contributed by atoms with Crippen LogP contribution >= 0.6 is 0 Å². The highest BCUT2D eigenvalue weighted by Crippen LogP contribution is 2.23. The summed E-state index contributed by atoms with van der Waals surface area (Å²) in [6.07, 6.45) is 1.54. The predicted molar refractivity (Wildman–Crippen MR) is 76.8 cm³/mol. The Morgan fingerprint density at radius 1 is 1.33 bits per heavy atom. The number of aromatic nitrogens is 1. The summed E-state index contributed by atoms with van der Waals surface area (Å²) in [5.74, 6) is -0.0909. The van der Waals surface area contributed by atoms with Gasteiger partial charge in [0.15, 0.2) is 0 Å². The van der Waals surface area contributed by atoms with Gasteiger partial charge in [-0.3, -0.25) is 4.79 Å². The van der Waals surface area contributed by atoms with Crippen LogP contribution in [0.15, 0.2) is 34.9 Å². The van der Waals surface area contributed by atoms with E-state index in [0.717, 1.165) is 0 Å². The number of rotatable bonds is 5. The number of nitrogens with one attached hydrogen (secondary N) is 1. The summed E-state index contributed by atoms with van der Waals surface area (Å²) in [5.41, 5.74) is 0.960. The van der Waals surface area contributed by atoms with Gasteiger partial charge in [-0.1, -0.05) is 0 Å². The maximum atomic E-state index is 12.0. The molecule has 0 bridgehead atoms. The van der Waals surface area contributed by atoms with Crippen molar-refractivity contribution in [3.05, 3.63) is 36.2 Å². The molecule has 0 aliphatic rings. The molecule has 1 N–H and O–H groups in total. The van der Waals surface area contributed by atoms with Crippen molar-refractivity contribution in [1.29, 1.82) is 0 Å². The third kappa shape index (κ3) is 3.34. The average Bonchev–Trinajstić information content (AvgIpc) is 3.05. The fourth-order valence-corrected chi connectivity index (χ4v) is 2.07. The van der Waals surface area contributed by atoms with Gasteiger partial charge >= 0.3 is 5.97 Å². The highest BCUT2D eigenvalue weighted by atomic mass is 16.5. The molecule has 2 rings (SSSR count). The zero-order valence-corrected chi connectivity index (χ0v) is 12.3. The second-order valence-corrected chi connectivity index (χ2v) is 4.88. The number of nitrogens with zero attached hydrogens (tertiary/aromatic N) is 1. The van der Waals surface area contributed by atoms with E-state index in [1.54, 1.807) is 35.1 Å². The molecule has 0 saturated heterocycles. The molecule has 2 aromatic rings. The van der Waals surface area contributed by atoms with Crippen molar-refractivity contribution in [3.8, 4) is 11.5 Å². The van der Waals surface area contributed by atoms with E-state index in [9.17, 15) is 9.59 Å². The number of carbonyl (C=O) groups excluding carboxylic acids is 2. The second-order valence-electron chi connectivity index (χ2n) is 4.88. The number of furan rings is 1. The van der Waals surface area contributed by atoms with Crippen LogP contribution in [0.1, 0.15) is 24.3 Å². The van der Waals surface area contributed by atoms with E-state index in [2.05, 4.69) is 5.32 Å². The van der Waals surface area contributed by atoms with Crippen molar-refractivity contribution in [1.82, 2.24) is 9.88 Å². The van der Waals surface area contributed by atoms with Crippen LogP contribution in [0.2, 0.25) is 0 Å². The lowest BCUT2D eigenvalue weighted by atomic mass is 10.3. The van der Waals surface area contributed by atoms with Gasteiger partial charge in [-0.05, 0) is 38.1 Å². The van der Waals surface area contributed by atoms with Crippen molar-refractivity contribution in [2.45, 2.75) is 26.4 Å². The van der Waals surface area contributed by atoms with Crippen molar-refractivity contribution < 1.29 is 18.7 Å². The molecule has 112 valence electrons. The van der Waals surface area contributed by atoms with E-state index in [1.807, 2.05) is 13.8 Å². The fourth-order valence-electron chi connectivity index (χ4n) is 2.07. The number of esters is 1. The normalized spacial score (nSPS) is 10.7. The molecule has 0 aliphatic heterocycles. The number of amides is 1. The minimum absolute atomic E-state index is 0.0195. The van der Waals surface area contributed by atoms with Crippen molar-refractivity contribution >= 4 is 11.9 Å². The van der Waals surface area contributed by atoms with Crippen LogP contribution < -0.4 is 5.32 Å². The molecule has 0 aromatic carbocycles. The molecule has 0 fully saturated rings. The van der Waals surface area contributed by atoms with Gasteiger partial charge in [-0.15, -0.1) is 0 Å². The largest absolute Gasteiger partial charge is 0.464 e. The summed E-state index contributed by atoms with van der Waals surface area (Å²) >= 11 is 0. The summed E-state index contributed by atoms with van der Waals surface area (Å²) in [6.45, 7) is 3.77. The summed E-state index contributed by atoms with van der Waals surface area (Å²) in [6, 6.07) is 6.90. The lowest BCUT2D eigenvalue weighted by molar-refractivity contribution is -0.122. The molecule has 21 heavy (non-hydrogen) atoms. The van der Waals surface area contributed by atoms with Crippen LogP contribution in [-0.4, -0.2) is 29.6 Å². The van der Waals surface area contributed by atoms with Crippen LogP contribution in [0, 0.1) is 0 Å². The smallest absolute Gasteiger partial charge is 0.354 e. The van der Waals surface area contributed by atoms with Crippen LogP contribution in [0.25, 0.3) is 11.5 Å². The maximum absolute atomic E-state index is 12.0. The Morgan fingerprint density at radius 3 is 2.67 bits per heavy atom. The van der Waals surface area contributed by atoms with Gasteiger partial charge in [0, 0.05) is 6.04 Å². The van der Waals surface area contributed by atoms with Crippen LogP contribution in [0.4, 0.5) is 0 Å². The molecular weight excluding hydrogens is 272 g/mol. The van der Waals surface area contributed by atoms with E-state index in [-0.39, 0.29) is 18.5 Å². The minimum atomic E-state index is -0.495. The van der Waals surface area contributed by atoms with Crippen molar-refractivity contribution in [3.63, 3.8) is 0 Å². The molecule has 1 amide bonds. The first-order valence-corrected chi connectivity index (χ1v) is 6.64. The number of methoxy groups -OCH3 is 1. The quantitative estimate of drug-likeness (QED) is 0.855. The molecule has 0 unspecified atom stereocenters. The first-order valence-electron chi connectivity index (χ1n) is 6.64. The molecule has 2 aromatic heterocycles. The van der Waals surface area contributed by atoms with Gasteiger partial charge in [-0.25, -0.2) is 4.79 Å². The Hall–Kier alpha value is -2.50. The fraction of sp³-hybridized carbons (Fsp3) is 0.333. The monoisotopic (exact) mass is 290 g/mol. The minimum Gasteiger partial charge on any atom is -0.464 e. The second kappa shape index (κ2) is 6.30. The van der Waals surface area contributed by atoms with E-state index in [4.69, 9.17) is 9.15 Å². The number of carbonyl (C=O) groups is 2. The summed E-state index contributed by atoms with van der Waals surface area (Å²) < 4.78 is 11.7. The highest BCUT2D eigenvalue weighted by molar-refractivity contribution is 5.90. The third-order valence-electron chi connectivity index (χ3n) is 2.90. The molecule has 0 spiro atoms. The van der Waals surface area contributed by atoms with E-state index < -0.39 is 5.97 Å². The van der Waals surface area contributed by atoms with Gasteiger partial charge in [0.1, 0.15) is 18.0 Å². The lowest BCUT2D eigenvalue weighted by Crippen LogP contribution is -2.34. The predicted octanol–water partition coefficient (Wildman–Crippen LogP) is 2.06. The van der Waals surface area contributed by atoms with Crippen molar-refractivity contribution in [2.75, 3.05) is 7.11 Å². The lowest BCUT2D eigenvalue weighted by Gasteiger charge is -2.13. The molecular formula is C15H18N2O4. The number of ether oxygens (including phenoxy) is 1. The maximum Gasteiger partial charge on any atom is 0.354 e. The Labute approximate surface area is 122 Å². The Balaban J connectivity index is 2.37. The Morgan fingerprint density at radius 2 is 2.10 bits per heavy atom. The van der Waals surface area contributed by atoms with Gasteiger partial charge in [0.2, 0.25) is 5.91 Å². The van der Waals surface area contributed by atoms with Crippen LogP contribution in [0.3, 0.4) is 0 Å². The molecule has 6 heteroatoms. The zero-order chi connectivity index (χ0) is 15.4. The van der Waals surface area contributed by atoms with E-state index in [0.29, 0.717) is 17.1 Å². The zero-order valence-electron chi connectivity index (χ0n) is 12.3. The van der Waals surface area contributed by atoms with Crippen LogP contribution in [0.5, 0.6) is 0 Å². The first kappa shape index (κ1) is 14.9. The average molecular weight is 290 g/mol. The molecule has 2 heterocycles. The first-order chi connectivity index (χ1) is 10.0. The number of hydrogen-bond acceptors (Lipinski definition) is 4.